The van der Waals surface area contributed by atoms with Gasteiger partial charge in [-0.1, -0.05) is 11.8 Å². The predicted molar refractivity (Wildman–Crippen MR) is 112 cm³/mol. The van der Waals surface area contributed by atoms with E-state index in [-0.39, 0.29) is 30.8 Å². The van der Waals surface area contributed by atoms with E-state index >= 15 is 0 Å². The number of methoxy groups -OCH3 is 1. The minimum atomic E-state index is -2.13. The predicted octanol–water partition coefficient (Wildman–Crippen LogP) is -4.12. The van der Waals surface area contributed by atoms with Gasteiger partial charge in [-0.2, -0.15) is 0 Å². The molecule has 16 heteroatoms. The molecule has 3 atom stereocenters. The number of thioether (sulfide) groups is 1. The first-order valence-corrected chi connectivity index (χ1v) is 12.1. The summed E-state index contributed by atoms with van der Waals surface area (Å²) >= 11 is 1.12. The van der Waals surface area contributed by atoms with Gasteiger partial charge in [0.25, 0.3) is 11.6 Å². The van der Waals surface area contributed by atoms with E-state index in [0.29, 0.717) is 18.0 Å². The molecule has 0 aromatic carbocycles. The topological polar surface area (TPSA) is 212 Å². The van der Waals surface area contributed by atoms with Crippen LogP contribution in [0.2, 0.25) is 0 Å². The Kier molecular flexibility index (Phi) is 7.31. The fourth-order valence-corrected chi connectivity index (χ4v) is 5.59. The monoisotopic (exact) mass is 524 g/mol. The molecule has 3 heterocycles. The molecule has 1 saturated heterocycles. The van der Waals surface area contributed by atoms with Gasteiger partial charge in [-0.05, 0) is 47.6 Å². The van der Waals surface area contributed by atoms with Gasteiger partial charge in [-0.25, -0.2) is 4.68 Å². The molecule has 3 aliphatic rings. The van der Waals surface area contributed by atoms with Gasteiger partial charge in [0.15, 0.2) is 6.23 Å². The maximum absolute atomic E-state index is 13.2. The highest BCUT2D eigenvalue weighted by molar-refractivity contribution is 7.99. The molecule has 2 fully saturated rings. The molecular formula is C20H24N6O9S-2. The van der Waals surface area contributed by atoms with Crippen LogP contribution in [0.15, 0.2) is 16.4 Å². The van der Waals surface area contributed by atoms with Crippen molar-refractivity contribution in [2.75, 3.05) is 19.5 Å². The summed E-state index contributed by atoms with van der Waals surface area (Å²) in [6, 6.07) is 0. The average molecular weight is 525 g/mol. The van der Waals surface area contributed by atoms with Gasteiger partial charge in [0.2, 0.25) is 11.1 Å². The largest absolute Gasteiger partial charge is 0.549 e. The number of hydrogen-bond acceptors (Lipinski definition) is 13. The normalized spacial score (nSPS) is 28.8. The van der Waals surface area contributed by atoms with Crippen molar-refractivity contribution in [3.63, 3.8) is 0 Å². The van der Waals surface area contributed by atoms with Crippen LogP contribution in [0.1, 0.15) is 25.7 Å². The molecule has 36 heavy (non-hydrogen) atoms. The number of fused-ring (bicyclic) bond motifs is 1. The summed E-state index contributed by atoms with van der Waals surface area (Å²) in [6.45, 7) is -0.235. The molecular weight excluding hydrogens is 500 g/mol. The number of nitrogens with one attached hydrogen (secondary N) is 1. The summed E-state index contributed by atoms with van der Waals surface area (Å²) in [5, 5.41) is 47.2. The van der Waals surface area contributed by atoms with E-state index in [1.807, 2.05) is 0 Å². The van der Waals surface area contributed by atoms with Crippen molar-refractivity contribution in [1.29, 1.82) is 0 Å². The molecule has 196 valence electrons. The number of carbonyl (C=O) groups excluding carboxylic acids is 4. The van der Waals surface area contributed by atoms with Gasteiger partial charge in [0, 0.05) is 19.9 Å². The van der Waals surface area contributed by atoms with E-state index in [1.165, 1.54) is 4.68 Å². The summed E-state index contributed by atoms with van der Waals surface area (Å²) in [5.74, 6) is -7.37. The Balaban J connectivity index is 1.54. The van der Waals surface area contributed by atoms with Crippen molar-refractivity contribution >= 4 is 35.5 Å². The number of aliphatic hydroxyl groups excluding tert-OH is 1. The lowest BCUT2D eigenvalue weighted by molar-refractivity contribution is -0.312. The summed E-state index contributed by atoms with van der Waals surface area (Å²) in [4.78, 5) is 50.8. The Labute approximate surface area is 208 Å². The first kappa shape index (κ1) is 26.0. The molecule has 1 aromatic rings. The van der Waals surface area contributed by atoms with E-state index in [9.17, 15) is 34.5 Å². The molecule has 0 unspecified atom stereocenters. The summed E-state index contributed by atoms with van der Waals surface area (Å²) in [7, 11) is 2.71. The third-order valence-electron chi connectivity index (χ3n) is 6.64. The van der Waals surface area contributed by atoms with E-state index in [2.05, 4.69) is 20.8 Å². The number of aliphatic hydroxyl groups is 1. The van der Waals surface area contributed by atoms with Crippen LogP contribution in [-0.2, 0) is 35.7 Å². The zero-order valence-corrected chi connectivity index (χ0v) is 20.2. The van der Waals surface area contributed by atoms with Gasteiger partial charge >= 0.3 is 0 Å². The van der Waals surface area contributed by atoms with Crippen molar-refractivity contribution < 1.29 is 44.0 Å². The maximum atomic E-state index is 13.2. The Morgan fingerprint density at radius 1 is 1.31 bits per heavy atom. The Bertz CT molecular complexity index is 1100. The fraction of sp³-hybridized carbons (Fsp3) is 0.650. The molecule has 15 nitrogen and oxygen atoms in total. The second kappa shape index (κ2) is 10.1. The summed E-state index contributed by atoms with van der Waals surface area (Å²) in [6.07, 6.45) is -0.699. The smallest absolute Gasteiger partial charge is 0.287 e. The Morgan fingerprint density at radius 2 is 2.00 bits per heavy atom. The van der Waals surface area contributed by atoms with E-state index in [0.717, 1.165) is 23.8 Å². The SMILES string of the molecule is CO[C@@]1(NC(=O)[C@H](C(=O)[O-])C2CCC(O)CC2)C(=O)N2C(C(=O)[O-])=C(CSc3nnnn3C)CO[C@@H]21. The zero-order valence-electron chi connectivity index (χ0n) is 19.4. The van der Waals surface area contributed by atoms with Crippen molar-refractivity contribution in [2.24, 2.45) is 18.9 Å². The third-order valence-corrected chi connectivity index (χ3v) is 7.74. The standard InChI is InChI=1S/C20H26N6O9S/c1-25-19(22-23-24-25)36-8-10-7-35-18-20(34-2,17(33)26(18)13(10)16(31)32)21-14(28)12(15(29)30)9-3-5-11(27)6-4-9/h9,11-12,18,27H,3-8H2,1-2H3,(H,21,28)(H,29,30)(H,31,32)/p-2/t9?,11?,12-,18-,20+/m1/s1. The van der Waals surface area contributed by atoms with Crippen LogP contribution >= 0.6 is 11.8 Å². The molecule has 2 N–H and O–H groups in total. The quantitative estimate of drug-likeness (QED) is 0.136. The number of tetrazole rings is 1. The number of carboxylic acid groups (broad SMARTS) is 2. The van der Waals surface area contributed by atoms with Gasteiger partial charge in [0.1, 0.15) is 0 Å². The minimum Gasteiger partial charge on any atom is -0.549 e. The van der Waals surface area contributed by atoms with E-state index in [4.69, 9.17) is 9.47 Å². The van der Waals surface area contributed by atoms with E-state index < -0.39 is 59.3 Å². The van der Waals surface area contributed by atoms with Crippen molar-refractivity contribution in [3.8, 4) is 0 Å². The second-order valence-corrected chi connectivity index (χ2v) is 9.69. The second-order valence-electron chi connectivity index (χ2n) is 8.75. The van der Waals surface area contributed by atoms with Crippen LogP contribution in [-0.4, -0.2) is 91.5 Å². The zero-order chi connectivity index (χ0) is 26.2. The van der Waals surface area contributed by atoms with Crippen molar-refractivity contribution in [1.82, 2.24) is 30.4 Å². The highest BCUT2D eigenvalue weighted by Crippen LogP contribution is 2.41. The van der Waals surface area contributed by atoms with E-state index in [1.54, 1.807) is 7.05 Å². The Morgan fingerprint density at radius 3 is 2.56 bits per heavy atom. The third kappa shape index (κ3) is 4.44. The summed E-state index contributed by atoms with van der Waals surface area (Å²) in [5.41, 5.74) is -2.35. The highest BCUT2D eigenvalue weighted by Gasteiger charge is 2.67. The highest BCUT2D eigenvalue weighted by atomic mass is 32.2. The number of aryl methyl sites for hydroxylation is 1. The number of ether oxygens (including phenoxy) is 2. The first-order chi connectivity index (χ1) is 17.1. The summed E-state index contributed by atoms with van der Waals surface area (Å²) < 4.78 is 12.4. The lowest BCUT2D eigenvalue weighted by atomic mass is 9.78. The van der Waals surface area contributed by atoms with Crippen LogP contribution in [0.3, 0.4) is 0 Å². The Hall–Kier alpha value is -3.08. The number of amides is 2. The molecule has 2 aliphatic heterocycles. The molecule has 0 bridgehead atoms. The van der Waals surface area contributed by atoms with Crippen LogP contribution in [0.4, 0.5) is 0 Å². The number of aromatic nitrogens is 4. The molecule has 1 aliphatic carbocycles. The van der Waals surface area contributed by atoms with Gasteiger partial charge < -0.3 is 39.7 Å². The molecule has 0 spiro atoms. The molecule has 2 amide bonds. The lowest BCUT2D eigenvalue weighted by Gasteiger charge is -2.56. The first-order valence-electron chi connectivity index (χ1n) is 11.1. The van der Waals surface area contributed by atoms with Crippen LogP contribution in [0.5, 0.6) is 0 Å². The molecule has 0 radical (unpaired) electrons. The lowest BCUT2D eigenvalue weighted by Crippen LogP contribution is -2.83. The van der Waals surface area contributed by atoms with Crippen LogP contribution in [0.25, 0.3) is 0 Å². The number of hydrogen-bond donors (Lipinski definition) is 2. The number of rotatable bonds is 9. The molecule has 1 saturated carbocycles. The van der Waals surface area contributed by atoms with Gasteiger partial charge in [-0.3, -0.25) is 14.5 Å². The number of nitrogens with zero attached hydrogens (tertiary/aromatic N) is 5. The van der Waals surface area contributed by atoms with Crippen LogP contribution < -0.4 is 15.5 Å². The number of carbonyl (C=O) groups is 4. The van der Waals surface area contributed by atoms with Crippen molar-refractivity contribution in [2.45, 2.75) is 48.9 Å². The molecule has 4 rings (SSSR count). The number of carboxylic acids is 2. The minimum absolute atomic E-state index is 0.0701. The number of aliphatic carboxylic acids is 2. The van der Waals surface area contributed by atoms with Gasteiger partial charge in [-0.15, -0.1) is 5.10 Å². The van der Waals surface area contributed by atoms with Gasteiger partial charge in [0.05, 0.1) is 36.3 Å². The maximum Gasteiger partial charge on any atom is 0.287 e. The fourth-order valence-electron chi connectivity index (χ4n) is 4.75. The van der Waals surface area contributed by atoms with Crippen molar-refractivity contribution in [3.05, 3.63) is 11.3 Å². The average Bonchev–Trinajstić information content (AvgIpc) is 3.25. The van der Waals surface area contributed by atoms with Crippen LogP contribution in [0, 0.1) is 11.8 Å². The molecule has 1 aromatic heterocycles. The number of β-lactam (4-membered cyclic amide) rings is 1.